The molecule has 21 heavy (non-hydrogen) atoms. The van der Waals surface area contributed by atoms with Gasteiger partial charge in [0.25, 0.3) is 0 Å². The molecule has 1 aliphatic rings. The molecule has 2 rings (SSSR count). The zero-order valence-corrected chi connectivity index (χ0v) is 14.0. The SMILES string of the molecule is CCC1CCCC(OC(c2cccc(Cl)c2)C(N)CC)C1. The smallest absolute Gasteiger partial charge is 0.0979 e. The van der Waals surface area contributed by atoms with E-state index in [9.17, 15) is 0 Å². The van der Waals surface area contributed by atoms with Gasteiger partial charge in [0.05, 0.1) is 12.2 Å². The third-order valence-electron chi connectivity index (χ3n) is 4.69. The van der Waals surface area contributed by atoms with Gasteiger partial charge in [-0.3, -0.25) is 0 Å². The van der Waals surface area contributed by atoms with Crippen LogP contribution in [0.3, 0.4) is 0 Å². The first-order chi connectivity index (χ1) is 10.1. The maximum atomic E-state index is 6.43. The Hall–Kier alpha value is -0.570. The van der Waals surface area contributed by atoms with Crippen molar-refractivity contribution in [1.29, 1.82) is 0 Å². The number of halogens is 1. The molecule has 2 nitrogen and oxygen atoms in total. The lowest BCUT2D eigenvalue weighted by Gasteiger charge is -2.34. The quantitative estimate of drug-likeness (QED) is 0.793. The summed E-state index contributed by atoms with van der Waals surface area (Å²) in [7, 11) is 0. The van der Waals surface area contributed by atoms with Gasteiger partial charge >= 0.3 is 0 Å². The standard InChI is InChI=1S/C18H28ClNO/c1-3-13-7-5-10-16(11-13)21-18(17(20)4-2)14-8-6-9-15(19)12-14/h6,8-9,12-13,16-18H,3-5,7,10-11,20H2,1-2H3. The van der Waals surface area contributed by atoms with Gasteiger partial charge in [-0.25, -0.2) is 0 Å². The van der Waals surface area contributed by atoms with Crippen LogP contribution in [0.15, 0.2) is 24.3 Å². The molecule has 118 valence electrons. The molecule has 1 aliphatic carbocycles. The first-order valence-electron chi connectivity index (χ1n) is 8.30. The van der Waals surface area contributed by atoms with Gasteiger partial charge in [-0.15, -0.1) is 0 Å². The van der Waals surface area contributed by atoms with Crippen LogP contribution in [0.1, 0.15) is 64.0 Å². The summed E-state index contributed by atoms with van der Waals surface area (Å²) in [5, 5.41) is 0.750. The molecule has 0 saturated heterocycles. The van der Waals surface area contributed by atoms with Crippen LogP contribution >= 0.6 is 11.6 Å². The maximum absolute atomic E-state index is 6.43. The predicted octanol–water partition coefficient (Wildman–Crippen LogP) is 5.10. The summed E-state index contributed by atoms with van der Waals surface area (Å²) in [6.07, 6.45) is 7.39. The Morgan fingerprint density at radius 1 is 1.33 bits per heavy atom. The minimum atomic E-state index is -0.0469. The molecule has 1 aromatic rings. The number of benzene rings is 1. The number of nitrogens with two attached hydrogens (primary N) is 1. The Labute approximate surface area is 134 Å². The number of rotatable bonds is 6. The largest absolute Gasteiger partial charge is 0.369 e. The molecule has 1 saturated carbocycles. The second-order valence-corrected chi connectivity index (χ2v) is 6.68. The number of ether oxygens (including phenoxy) is 1. The summed E-state index contributed by atoms with van der Waals surface area (Å²) in [6.45, 7) is 4.39. The van der Waals surface area contributed by atoms with E-state index in [0.717, 1.165) is 29.3 Å². The minimum absolute atomic E-state index is 0.0190. The lowest BCUT2D eigenvalue weighted by molar-refractivity contribution is -0.0536. The van der Waals surface area contributed by atoms with Crippen molar-refractivity contribution in [2.75, 3.05) is 0 Å². The number of hydrogen-bond donors (Lipinski definition) is 1. The van der Waals surface area contributed by atoms with E-state index in [2.05, 4.69) is 19.9 Å². The second kappa shape index (κ2) is 8.17. The van der Waals surface area contributed by atoms with Crippen molar-refractivity contribution in [2.24, 2.45) is 11.7 Å². The zero-order chi connectivity index (χ0) is 15.2. The Balaban J connectivity index is 2.09. The summed E-state index contributed by atoms with van der Waals surface area (Å²) in [4.78, 5) is 0. The molecule has 4 atom stereocenters. The van der Waals surface area contributed by atoms with Crippen LogP contribution in [0.25, 0.3) is 0 Å². The van der Waals surface area contributed by atoms with Crippen LogP contribution in [0.2, 0.25) is 5.02 Å². The molecule has 0 amide bonds. The molecule has 2 N–H and O–H groups in total. The Bertz CT molecular complexity index is 437. The molecule has 0 aromatic heterocycles. The molecule has 1 fully saturated rings. The lowest BCUT2D eigenvalue weighted by atomic mass is 9.85. The van der Waals surface area contributed by atoms with Gasteiger partial charge in [0.1, 0.15) is 0 Å². The lowest BCUT2D eigenvalue weighted by Crippen LogP contribution is -2.34. The average Bonchev–Trinajstić information content (AvgIpc) is 2.52. The predicted molar refractivity (Wildman–Crippen MR) is 89.6 cm³/mol. The molecule has 0 heterocycles. The van der Waals surface area contributed by atoms with Gasteiger partial charge in [0.15, 0.2) is 0 Å². The fourth-order valence-electron chi connectivity index (χ4n) is 3.27. The van der Waals surface area contributed by atoms with E-state index >= 15 is 0 Å². The van der Waals surface area contributed by atoms with Crippen molar-refractivity contribution in [1.82, 2.24) is 0 Å². The average molecular weight is 310 g/mol. The number of hydrogen-bond acceptors (Lipinski definition) is 2. The second-order valence-electron chi connectivity index (χ2n) is 6.25. The highest BCUT2D eigenvalue weighted by molar-refractivity contribution is 6.30. The van der Waals surface area contributed by atoms with Gasteiger partial charge < -0.3 is 10.5 Å². The van der Waals surface area contributed by atoms with Crippen molar-refractivity contribution in [3.63, 3.8) is 0 Å². The molecule has 1 aromatic carbocycles. The summed E-state index contributed by atoms with van der Waals surface area (Å²) in [6, 6.07) is 7.96. The van der Waals surface area contributed by atoms with Crippen LogP contribution in [0, 0.1) is 5.92 Å². The minimum Gasteiger partial charge on any atom is -0.369 e. The van der Waals surface area contributed by atoms with E-state index in [0.29, 0.717) is 6.10 Å². The van der Waals surface area contributed by atoms with Crippen molar-refractivity contribution in [3.05, 3.63) is 34.9 Å². The summed E-state index contributed by atoms with van der Waals surface area (Å²) in [5.41, 5.74) is 7.42. The van der Waals surface area contributed by atoms with Crippen LogP contribution < -0.4 is 5.73 Å². The van der Waals surface area contributed by atoms with Crippen molar-refractivity contribution in [2.45, 2.75) is 70.6 Å². The Kier molecular flexibility index (Phi) is 6.53. The first-order valence-corrected chi connectivity index (χ1v) is 8.68. The van der Waals surface area contributed by atoms with E-state index in [1.807, 2.05) is 18.2 Å². The summed E-state index contributed by atoms with van der Waals surface area (Å²) in [5.74, 6) is 0.807. The molecule has 0 aliphatic heterocycles. The van der Waals surface area contributed by atoms with Gasteiger partial charge in [-0.2, -0.15) is 0 Å². The monoisotopic (exact) mass is 309 g/mol. The van der Waals surface area contributed by atoms with Crippen LogP contribution in [-0.2, 0) is 4.74 Å². The van der Waals surface area contributed by atoms with Crippen LogP contribution in [0.5, 0.6) is 0 Å². The third-order valence-corrected chi connectivity index (χ3v) is 4.92. The molecule has 0 radical (unpaired) electrons. The Morgan fingerprint density at radius 3 is 2.81 bits per heavy atom. The van der Waals surface area contributed by atoms with E-state index in [1.165, 1.54) is 25.7 Å². The Morgan fingerprint density at radius 2 is 2.14 bits per heavy atom. The van der Waals surface area contributed by atoms with E-state index < -0.39 is 0 Å². The van der Waals surface area contributed by atoms with Crippen LogP contribution in [-0.4, -0.2) is 12.1 Å². The van der Waals surface area contributed by atoms with Crippen molar-refractivity contribution >= 4 is 11.6 Å². The fraction of sp³-hybridized carbons (Fsp3) is 0.667. The first kappa shape index (κ1) is 16.8. The topological polar surface area (TPSA) is 35.2 Å². The van der Waals surface area contributed by atoms with Crippen molar-refractivity contribution in [3.8, 4) is 0 Å². The summed E-state index contributed by atoms with van der Waals surface area (Å²) < 4.78 is 6.43. The molecular weight excluding hydrogens is 282 g/mol. The van der Waals surface area contributed by atoms with E-state index in [1.54, 1.807) is 0 Å². The van der Waals surface area contributed by atoms with Crippen molar-refractivity contribution < 1.29 is 4.74 Å². The normalized spacial score (nSPS) is 25.5. The summed E-state index contributed by atoms with van der Waals surface area (Å²) >= 11 is 6.13. The molecular formula is C18H28ClNO. The van der Waals surface area contributed by atoms with Gasteiger partial charge in [0, 0.05) is 11.1 Å². The third kappa shape index (κ3) is 4.70. The van der Waals surface area contributed by atoms with Gasteiger partial charge in [-0.05, 0) is 42.9 Å². The fourth-order valence-corrected chi connectivity index (χ4v) is 3.47. The van der Waals surface area contributed by atoms with Gasteiger partial charge in [0.2, 0.25) is 0 Å². The molecule has 0 spiro atoms. The highest BCUT2D eigenvalue weighted by Crippen LogP contribution is 2.33. The highest BCUT2D eigenvalue weighted by atomic mass is 35.5. The molecule has 0 bridgehead atoms. The van der Waals surface area contributed by atoms with E-state index in [4.69, 9.17) is 22.1 Å². The van der Waals surface area contributed by atoms with Gasteiger partial charge in [-0.1, -0.05) is 56.8 Å². The zero-order valence-electron chi connectivity index (χ0n) is 13.2. The van der Waals surface area contributed by atoms with E-state index in [-0.39, 0.29) is 12.1 Å². The molecule has 3 heteroatoms. The van der Waals surface area contributed by atoms with Crippen LogP contribution in [0.4, 0.5) is 0 Å². The maximum Gasteiger partial charge on any atom is 0.0979 e. The highest BCUT2D eigenvalue weighted by Gasteiger charge is 2.27. The molecule has 4 unspecified atom stereocenters.